The maximum Gasteiger partial charge on any atom is 0.407 e. The molecule has 0 aromatic heterocycles. The van der Waals surface area contributed by atoms with Gasteiger partial charge in [0.05, 0.1) is 5.25 Å². The first-order valence-corrected chi connectivity index (χ1v) is 7.12. The standard InChI is InChI=1S/C9H15F3N2O2S/c10-9(11,12)8(3-4-8)14-17(15,16)7-1-5-13-6-2-7/h7,13-14H,1-6H2. The predicted molar refractivity (Wildman–Crippen MR) is 56.0 cm³/mol. The Kier molecular flexibility index (Phi) is 3.16. The topological polar surface area (TPSA) is 58.2 Å². The van der Waals surface area contributed by atoms with E-state index in [0.29, 0.717) is 25.9 Å². The van der Waals surface area contributed by atoms with E-state index >= 15 is 0 Å². The van der Waals surface area contributed by atoms with Crippen molar-refractivity contribution in [3.8, 4) is 0 Å². The molecule has 0 bridgehead atoms. The summed E-state index contributed by atoms with van der Waals surface area (Å²) in [6.45, 7) is 1.06. The third kappa shape index (κ3) is 2.58. The number of nitrogens with one attached hydrogen (secondary N) is 2. The van der Waals surface area contributed by atoms with Crippen LogP contribution < -0.4 is 10.0 Å². The maximum atomic E-state index is 12.7. The second kappa shape index (κ2) is 4.10. The summed E-state index contributed by atoms with van der Waals surface area (Å²) in [6.07, 6.45) is -4.07. The molecule has 8 heteroatoms. The lowest BCUT2D eigenvalue weighted by Gasteiger charge is -2.27. The molecule has 2 rings (SSSR count). The molecular weight excluding hydrogens is 257 g/mol. The molecule has 0 amide bonds. The van der Waals surface area contributed by atoms with Crippen LogP contribution in [-0.2, 0) is 10.0 Å². The molecule has 0 aromatic rings. The summed E-state index contributed by atoms with van der Waals surface area (Å²) in [6, 6.07) is 0. The van der Waals surface area contributed by atoms with Crippen molar-refractivity contribution < 1.29 is 21.6 Å². The highest BCUT2D eigenvalue weighted by atomic mass is 32.2. The molecule has 2 N–H and O–H groups in total. The number of sulfonamides is 1. The molecular formula is C9H15F3N2O2S. The number of hydrogen-bond donors (Lipinski definition) is 2. The van der Waals surface area contributed by atoms with Gasteiger partial charge in [-0.05, 0) is 38.8 Å². The van der Waals surface area contributed by atoms with E-state index in [1.807, 2.05) is 4.72 Å². The van der Waals surface area contributed by atoms with E-state index < -0.39 is 27.0 Å². The average molecular weight is 272 g/mol. The Morgan fingerprint density at radius 3 is 2.12 bits per heavy atom. The quantitative estimate of drug-likeness (QED) is 0.797. The fraction of sp³-hybridized carbons (Fsp3) is 1.00. The van der Waals surface area contributed by atoms with Gasteiger partial charge in [-0.25, -0.2) is 8.42 Å². The second-order valence-corrected chi connectivity index (χ2v) is 6.64. The van der Waals surface area contributed by atoms with E-state index in [4.69, 9.17) is 0 Å². The van der Waals surface area contributed by atoms with Crippen LogP contribution in [0.5, 0.6) is 0 Å². The third-order valence-electron chi connectivity index (χ3n) is 3.36. The van der Waals surface area contributed by atoms with Crippen LogP contribution in [0, 0.1) is 0 Å². The zero-order chi connectivity index (χ0) is 12.7. The van der Waals surface area contributed by atoms with Crippen molar-refractivity contribution in [3.05, 3.63) is 0 Å². The average Bonchev–Trinajstić information content (AvgIpc) is 2.99. The molecule has 0 spiro atoms. The van der Waals surface area contributed by atoms with E-state index in [9.17, 15) is 21.6 Å². The lowest BCUT2D eigenvalue weighted by molar-refractivity contribution is -0.160. The van der Waals surface area contributed by atoms with Crippen LogP contribution in [0.4, 0.5) is 13.2 Å². The van der Waals surface area contributed by atoms with Crippen molar-refractivity contribution >= 4 is 10.0 Å². The van der Waals surface area contributed by atoms with Crippen LogP contribution >= 0.6 is 0 Å². The maximum absolute atomic E-state index is 12.7. The first-order chi connectivity index (χ1) is 7.77. The third-order valence-corrected chi connectivity index (χ3v) is 5.38. The van der Waals surface area contributed by atoms with Gasteiger partial charge >= 0.3 is 6.18 Å². The minimum atomic E-state index is -4.49. The van der Waals surface area contributed by atoms with Gasteiger partial charge < -0.3 is 5.32 Å². The first-order valence-electron chi connectivity index (χ1n) is 5.57. The molecule has 4 nitrogen and oxygen atoms in total. The molecule has 1 heterocycles. The summed E-state index contributed by atoms with van der Waals surface area (Å²) in [5.41, 5.74) is -2.18. The summed E-state index contributed by atoms with van der Waals surface area (Å²) in [4.78, 5) is 0. The molecule has 1 saturated carbocycles. The second-order valence-electron chi connectivity index (χ2n) is 4.68. The normalized spacial score (nSPS) is 25.8. The summed E-state index contributed by atoms with van der Waals surface area (Å²) in [5, 5.41) is 2.28. The minimum absolute atomic E-state index is 0.152. The van der Waals surface area contributed by atoms with Gasteiger partial charge in [-0.2, -0.15) is 17.9 Å². The van der Waals surface area contributed by atoms with Crippen LogP contribution in [0.15, 0.2) is 0 Å². The van der Waals surface area contributed by atoms with Gasteiger partial charge in [0, 0.05) is 0 Å². The Hall–Kier alpha value is -0.340. The van der Waals surface area contributed by atoms with E-state index in [1.54, 1.807) is 0 Å². The van der Waals surface area contributed by atoms with Gasteiger partial charge in [0.2, 0.25) is 10.0 Å². The smallest absolute Gasteiger partial charge is 0.317 e. The van der Waals surface area contributed by atoms with E-state index in [-0.39, 0.29) is 12.8 Å². The van der Waals surface area contributed by atoms with E-state index in [1.165, 1.54) is 0 Å². The van der Waals surface area contributed by atoms with Gasteiger partial charge in [0.15, 0.2) is 0 Å². The Bertz CT molecular complexity index is 384. The number of hydrogen-bond acceptors (Lipinski definition) is 3. The number of rotatable bonds is 3. The molecule has 0 radical (unpaired) electrons. The van der Waals surface area contributed by atoms with Gasteiger partial charge in [0.25, 0.3) is 0 Å². The Balaban J connectivity index is 2.07. The van der Waals surface area contributed by atoms with Gasteiger partial charge in [-0.3, -0.25) is 0 Å². The van der Waals surface area contributed by atoms with Crippen LogP contribution in [-0.4, -0.2) is 38.5 Å². The lowest BCUT2D eigenvalue weighted by atomic mass is 10.2. The molecule has 1 saturated heterocycles. The summed E-state index contributed by atoms with van der Waals surface area (Å²) >= 11 is 0. The number of alkyl halides is 3. The van der Waals surface area contributed by atoms with Gasteiger partial charge in [-0.15, -0.1) is 0 Å². The van der Waals surface area contributed by atoms with E-state index in [2.05, 4.69) is 5.32 Å². The van der Waals surface area contributed by atoms with Gasteiger partial charge in [0.1, 0.15) is 5.54 Å². The molecule has 100 valence electrons. The Morgan fingerprint density at radius 2 is 1.71 bits per heavy atom. The van der Waals surface area contributed by atoms with Crippen molar-refractivity contribution in [3.63, 3.8) is 0 Å². The molecule has 1 aliphatic heterocycles. The van der Waals surface area contributed by atoms with Crippen molar-refractivity contribution in [1.29, 1.82) is 0 Å². The zero-order valence-corrected chi connectivity index (χ0v) is 10.00. The van der Waals surface area contributed by atoms with Crippen molar-refractivity contribution in [2.24, 2.45) is 0 Å². The van der Waals surface area contributed by atoms with Crippen molar-refractivity contribution in [2.45, 2.75) is 42.6 Å². The molecule has 2 fully saturated rings. The summed E-state index contributed by atoms with van der Waals surface area (Å²) in [5.74, 6) is 0. The number of halogens is 3. The molecule has 2 aliphatic rings. The Labute approximate surface area is 98.0 Å². The van der Waals surface area contributed by atoms with Crippen LogP contribution in [0.1, 0.15) is 25.7 Å². The SMILES string of the molecule is O=S(=O)(NC1(C(F)(F)F)CC1)C1CCNCC1. The zero-order valence-electron chi connectivity index (χ0n) is 9.18. The monoisotopic (exact) mass is 272 g/mol. The fourth-order valence-corrected chi connectivity index (χ4v) is 3.92. The lowest BCUT2D eigenvalue weighted by Crippen LogP contribution is -2.52. The first kappa shape index (κ1) is 13.1. The molecule has 0 unspecified atom stereocenters. The highest BCUT2D eigenvalue weighted by Crippen LogP contribution is 2.49. The van der Waals surface area contributed by atoms with E-state index in [0.717, 1.165) is 0 Å². The molecule has 1 aliphatic carbocycles. The minimum Gasteiger partial charge on any atom is -0.317 e. The predicted octanol–water partition coefficient (Wildman–Crippen LogP) is 0.753. The molecule has 0 aromatic carbocycles. The number of piperidine rings is 1. The summed E-state index contributed by atoms with van der Waals surface area (Å²) < 4.78 is 63.5. The van der Waals surface area contributed by atoms with Crippen LogP contribution in [0.25, 0.3) is 0 Å². The van der Waals surface area contributed by atoms with Gasteiger partial charge in [-0.1, -0.05) is 0 Å². The van der Waals surface area contributed by atoms with Crippen LogP contribution in [0.2, 0.25) is 0 Å². The highest BCUT2D eigenvalue weighted by molar-refractivity contribution is 7.90. The fourth-order valence-electron chi connectivity index (χ4n) is 2.03. The molecule has 0 atom stereocenters. The van der Waals surface area contributed by atoms with Crippen molar-refractivity contribution in [1.82, 2.24) is 10.0 Å². The van der Waals surface area contributed by atoms with Crippen molar-refractivity contribution in [2.75, 3.05) is 13.1 Å². The molecule has 17 heavy (non-hydrogen) atoms. The van der Waals surface area contributed by atoms with Crippen LogP contribution in [0.3, 0.4) is 0 Å². The largest absolute Gasteiger partial charge is 0.407 e. The summed E-state index contributed by atoms with van der Waals surface area (Å²) in [7, 11) is -3.87. The Morgan fingerprint density at radius 1 is 1.18 bits per heavy atom. The highest BCUT2D eigenvalue weighted by Gasteiger charge is 2.65.